The molecule has 3 aromatic rings. The summed E-state index contributed by atoms with van der Waals surface area (Å²) in [5.74, 6) is 0.819. The number of benzene rings is 2. The van der Waals surface area contributed by atoms with E-state index in [-0.39, 0.29) is 11.9 Å². The number of nitrogens with one attached hydrogen (secondary N) is 3. The van der Waals surface area contributed by atoms with Crippen molar-refractivity contribution in [2.45, 2.75) is 24.7 Å². The zero-order valence-electron chi connectivity index (χ0n) is 14.6. The highest BCUT2D eigenvalue weighted by atomic mass is 16.2. The molecule has 1 aliphatic rings. The van der Waals surface area contributed by atoms with Gasteiger partial charge in [-0.2, -0.15) is 10.4 Å². The number of nitriles is 1. The second-order valence-electron chi connectivity index (χ2n) is 6.65. The van der Waals surface area contributed by atoms with Crippen LogP contribution in [0, 0.1) is 11.3 Å². The molecule has 4 rings (SSSR count). The van der Waals surface area contributed by atoms with E-state index in [4.69, 9.17) is 0 Å². The molecule has 0 radical (unpaired) electrons. The summed E-state index contributed by atoms with van der Waals surface area (Å²) in [6.07, 6.45) is 4.05. The minimum absolute atomic E-state index is 0.325. The van der Waals surface area contributed by atoms with E-state index in [2.05, 4.69) is 26.9 Å². The Morgan fingerprint density at radius 3 is 2.44 bits per heavy atom. The molecule has 6 nitrogen and oxygen atoms in total. The summed E-state index contributed by atoms with van der Waals surface area (Å²) in [5, 5.41) is 22.0. The third-order valence-electron chi connectivity index (χ3n) is 4.69. The third kappa shape index (κ3) is 3.82. The number of urea groups is 1. The Bertz CT molecular complexity index is 968. The van der Waals surface area contributed by atoms with Crippen molar-refractivity contribution in [3.8, 4) is 6.07 Å². The Hall–Kier alpha value is -3.59. The Kier molecular flexibility index (Phi) is 4.58. The van der Waals surface area contributed by atoms with E-state index >= 15 is 0 Å². The Morgan fingerprint density at radius 2 is 1.78 bits per heavy atom. The molecule has 1 aliphatic carbocycles. The molecular formula is C21H19N5O. The van der Waals surface area contributed by atoms with Gasteiger partial charge in [-0.25, -0.2) is 4.79 Å². The lowest BCUT2D eigenvalue weighted by molar-refractivity contribution is 0.262. The van der Waals surface area contributed by atoms with Crippen LogP contribution in [0.4, 0.5) is 16.3 Å². The summed E-state index contributed by atoms with van der Waals surface area (Å²) in [6.45, 7) is 0. The Morgan fingerprint density at radius 1 is 1.07 bits per heavy atom. The van der Waals surface area contributed by atoms with Crippen LogP contribution in [-0.4, -0.2) is 16.2 Å². The highest BCUT2D eigenvalue weighted by molar-refractivity contribution is 5.99. The van der Waals surface area contributed by atoms with Crippen molar-refractivity contribution in [3.05, 3.63) is 77.5 Å². The van der Waals surface area contributed by atoms with E-state index in [0.29, 0.717) is 17.4 Å². The van der Waals surface area contributed by atoms with Gasteiger partial charge in [0.05, 0.1) is 18.2 Å². The molecule has 134 valence electrons. The molecule has 0 bridgehead atoms. The van der Waals surface area contributed by atoms with Crippen LogP contribution in [-0.2, 0) is 0 Å². The number of amides is 2. The summed E-state index contributed by atoms with van der Waals surface area (Å²) in [7, 11) is 0. The molecule has 1 aromatic heterocycles. The monoisotopic (exact) mass is 357 g/mol. The van der Waals surface area contributed by atoms with Gasteiger partial charge in [0.25, 0.3) is 0 Å². The molecule has 2 amide bonds. The van der Waals surface area contributed by atoms with Gasteiger partial charge in [0.15, 0.2) is 0 Å². The number of hydrogen-bond donors (Lipinski definition) is 3. The van der Waals surface area contributed by atoms with Crippen molar-refractivity contribution in [2.24, 2.45) is 0 Å². The number of H-pyrrole nitrogens is 1. The fraction of sp³-hybridized carbons (Fsp3) is 0.190. The van der Waals surface area contributed by atoms with Gasteiger partial charge < -0.3 is 5.32 Å². The molecule has 0 spiro atoms. The summed E-state index contributed by atoms with van der Waals surface area (Å²) in [6, 6.07) is 19.0. The zero-order valence-corrected chi connectivity index (χ0v) is 14.6. The molecular weight excluding hydrogens is 338 g/mol. The van der Waals surface area contributed by atoms with Gasteiger partial charge in [-0.3, -0.25) is 10.4 Å². The maximum atomic E-state index is 12.2. The molecule has 0 saturated heterocycles. The normalized spacial score (nSPS) is 14.2. The molecule has 6 heteroatoms. The van der Waals surface area contributed by atoms with Crippen LogP contribution in [0.15, 0.2) is 60.8 Å². The topological polar surface area (TPSA) is 93.6 Å². The highest BCUT2D eigenvalue weighted by Gasteiger charge is 2.28. The van der Waals surface area contributed by atoms with Crippen LogP contribution in [0.5, 0.6) is 0 Å². The number of anilines is 2. The van der Waals surface area contributed by atoms with Crippen molar-refractivity contribution in [1.82, 2.24) is 10.2 Å². The van der Waals surface area contributed by atoms with Crippen LogP contribution >= 0.6 is 0 Å². The SMILES string of the molecule is N#CC(c1ccccc1)c1ccc(NC(=O)Nc2[nH]ncc2C2CC2)cc1. The van der Waals surface area contributed by atoms with Crippen LogP contribution in [0.25, 0.3) is 0 Å². The lowest BCUT2D eigenvalue weighted by atomic mass is 9.92. The van der Waals surface area contributed by atoms with Gasteiger partial charge in [-0.05, 0) is 42.0 Å². The van der Waals surface area contributed by atoms with Gasteiger partial charge in [0, 0.05) is 11.3 Å². The maximum absolute atomic E-state index is 12.2. The number of carbonyl (C=O) groups is 1. The van der Waals surface area contributed by atoms with Crippen molar-refractivity contribution in [1.29, 1.82) is 5.26 Å². The van der Waals surface area contributed by atoms with E-state index in [1.165, 1.54) is 0 Å². The van der Waals surface area contributed by atoms with Gasteiger partial charge >= 0.3 is 6.03 Å². The Labute approximate surface area is 157 Å². The maximum Gasteiger partial charge on any atom is 0.324 e. The quantitative estimate of drug-likeness (QED) is 0.623. The first-order chi connectivity index (χ1) is 13.2. The molecule has 0 aliphatic heterocycles. The van der Waals surface area contributed by atoms with Crippen molar-refractivity contribution in [2.75, 3.05) is 10.6 Å². The summed E-state index contributed by atoms with van der Waals surface area (Å²) < 4.78 is 0. The van der Waals surface area contributed by atoms with Gasteiger partial charge in [-0.15, -0.1) is 0 Å². The van der Waals surface area contributed by atoms with Gasteiger partial charge in [-0.1, -0.05) is 42.5 Å². The third-order valence-corrected chi connectivity index (χ3v) is 4.69. The molecule has 1 atom stereocenters. The van der Waals surface area contributed by atoms with Crippen LogP contribution in [0.1, 0.15) is 41.4 Å². The van der Waals surface area contributed by atoms with Crippen molar-refractivity contribution in [3.63, 3.8) is 0 Å². The van der Waals surface area contributed by atoms with Crippen molar-refractivity contribution >= 4 is 17.5 Å². The first kappa shape index (κ1) is 16.9. The predicted octanol–water partition coefficient (Wildman–Crippen LogP) is 4.59. The van der Waals surface area contributed by atoms with Gasteiger partial charge in [0.2, 0.25) is 0 Å². The van der Waals surface area contributed by atoms with Gasteiger partial charge in [0.1, 0.15) is 5.82 Å². The molecule has 2 aromatic carbocycles. The number of nitrogens with zero attached hydrogens (tertiary/aromatic N) is 2. The average molecular weight is 357 g/mol. The molecule has 3 N–H and O–H groups in total. The summed E-state index contributed by atoms with van der Waals surface area (Å²) in [5.41, 5.74) is 3.55. The van der Waals surface area contributed by atoms with E-state index in [1.807, 2.05) is 42.5 Å². The molecule has 1 fully saturated rings. The molecule has 1 saturated carbocycles. The van der Waals surface area contributed by atoms with E-state index in [1.54, 1.807) is 18.3 Å². The average Bonchev–Trinajstić information content (AvgIpc) is 3.44. The first-order valence-corrected chi connectivity index (χ1v) is 8.90. The molecule has 1 heterocycles. The standard InChI is InChI=1S/C21H19N5O/c22-12-18(14-4-2-1-3-5-14)15-8-10-17(11-9-15)24-21(27)25-20-19(13-23-26-20)16-6-7-16/h1-5,8-11,13,16,18H,6-7H2,(H3,23,24,25,26,27). The minimum Gasteiger partial charge on any atom is -0.308 e. The summed E-state index contributed by atoms with van der Waals surface area (Å²) >= 11 is 0. The fourth-order valence-electron chi connectivity index (χ4n) is 3.12. The van der Waals surface area contributed by atoms with Crippen molar-refractivity contribution < 1.29 is 4.79 Å². The highest BCUT2D eigenvalue weighted by Crippen LogP contribution is 2.42. The fourth-order valence-corrected chi connectivity index (χ4v) is 3.12. The number of hydrogen-bond acceptors (Lipinski definition) is 3. The first-order valence-electron chi connectivity index (χ1n) is 8.90. The number of carbonyl (C=O) groups excluding carboxylic acids is 1. The largest absolute Gasteiger partial charge is 0.324 e. The lowest BCUT2D eigenvalue weighted by Gasteiger charge is -2.12. The van der Waals surface area contributed by atoms with E-state index in [0.717, 1.165) is 29.5 Å². The molecule has 1 unspecified atom stereocenters. The van der Waals surface area contributed by atoms with Crippen LogP contribution in [0.3, 0.4) is 0 Å². The lowest BCUT2D eigenvalue weighted by Crippen LogP contribution is -2.20. The zero-order chi connectivity index (χ0) is 18.6. The number of aromatic amines is 1. The Balaban J connectivity index is 1.42. The summed E-state index contributed by atoms with van der Waals surface area (Å²) in [4.78, 5) is 12.2. The minimum atomic E-state index is -0.333. The van der Waals surface area contributed by atoms with E-state index in [9.17, 15) is 10.1 Å². The van der Waals surface area contributed by atoms with Crippen LogP contribution in [0.2, 0.25) is 0 Å². The predicted molar refractivity (Wildman–Crippen MR) is 104 cm³/mol. The van der Waals surface area contributed by atoms with E-state index < -0.39 is 0 Å². The second kappa shape index (κ2) is 7.34. The second-order valence-corrected chi connectivity index (χ2v) is 6.65. The van der Waals surface area contributed by atoms with Crippen LogP contribution < -0.4 is 10.6 Å². The number of aromatic nitrogens is 2. The smallest absolute Gasteiger partial charge is 0.308 e. The molecule has 27 heavy (non-hydrogen) atoms. The number of rotatable bonds is 5.